The molecule has 0 aliphatic carbocycles. The molecule has 104 valence electrons. The monoisotopic (exact) mass is 257 g/mol. The van der Waals surface area contributed by atoms with Gasteiger partial charge in [0.05, 0.1) is 39.2 Å². The predicted octanol–water partition coefficient (Wildman–Crippen LogP) is 0.189. The van der Waals surface area contributed by atoms with Gasteiger partial charge in [-0.1, -0.05) is 0 Å². The Hall–Kier alpha value is -0.950. The number of aryl methyl sites for hydroxylation is 1. The molecule has 0 bridgehead atoms. The Bertz CT molecular complexity index is 305. The van der Waals surface area contributed by atoms with Gasteiger partial charge in [-0.05, 0) is 0 Å². The van der Waals surface area contributed by atoms with Crippen LogP contribution in [-0.4, -0.2) is 56.5 Å². The lowest BCUT2D eigenvalue weighted by Crippen LogP contribution is -2.20. The second-order valence-corrected chi connectivity index (χ2v) is 3.92. The molecule has 6 heteroatoms. The van der Waals surface area contributed by atoms with Crippen LogP contribution in [0.5, 0.6) is 0 Å². The van der Waals surface area contributed by atoms with Crippen LogP contribution in [0.4, 0.5) is 0 Å². The summed E-state index contributed by atoms with van der Waals surface area (Å²) in [5.41, 5.74) is 1.18. The Morgan fingerprint density at radius 1 is 1.17 bits per heavy atom. The molecule has 0 amide bonds. The largest absolute Gasteiger partial charge is 0.382 e. The summed E-state index contributed by atoms with van der Waals surface area (Å²) < 4.78 is 17.3. The van der Waals surface area contributed by atoms with Crippen LogP contribution < -0.4 is 5.32 Å². The number of ether oxygens (including phenoxy) is 3. The van der Waals surface area contributed by atoms with E-state index in [1.807, 2.05) is 19.4 Å². The zero-order valence-corrected chi connectivity index (χ0v) is 11.2. The number of nitrogens with zero attached hydrogens (tertiary/aromatic N) is 2. The molecule has 1 aromatic heterocycles. The number of methoxy groups -OCH3 is 1. The molecule has 0 atom stereocenters. The third-order valence-corrected chi connectivity index (χ3v) is 2.31. The molecule has 0 unspecified atom stereocenters. The summed E-state index contributed by atoms with van der Waals surface area (Å²) >= 11 is 0. The van der Waals surface area contributed by atoms with Gasteiger partial charge in [0.15, 0.2) is 0 Å². The third kappa shape index (κ3) is 7.39. The molecule has 0 saturated heterocycles. The van der Waals surface area contributed by atoms with Gasteiger partial charge >= 0.3 is 0 Å². The van der Waals surface area contributed by atoms with E-state index in [0.717, 1.165) is 13.1 Å². The lowest BCUT2D eigenvalue weighted by molar-refractivity contribution is 0.0255. The number of hydrogen-bond donors (Lipinski definition) is 1. The van der Waals surface area contributed by atoms with Gasteiger partial charge in [-0.3, -0.25) is 4.68 Å². The third-order valence-electron chi connectivity index (χ3n) is 2.31. The Labute approximate surface area is 108 Å². The molecule has 0 spiro atoms. The standard InChI is InChI=1S/C12H23N3O3/c1-15-11-12(10-14-15)9-13-3-4-17-7-8-18-6-5-16-2/h10-11,13H,3-9H2,1-2H3. The maximum Gasteiger partial charge on any atom is 0.0701 e. The highest BCUT2D eigenvalue weighted by molar-refractivity contribution is 5.02. The van der Waals surface area contributed by atoms with Crippen LogP contribution in [-0.2, 0) is 27.8 Å². The van der Waals surface area contributed by atoms with Gasteiger partial charge in [0.1, 0.15) is 0 Å². The Morgan fingerprint density at radius 2 is 1.89 bits per heavy atom. The topological polar surface area (TPSA) is 57.5 Å². The van der Waals surface area contributed by atoms with Crippen LogP contribution in [0.1, 0.15) is 5.56 Å². The average Bonchev–Trinajstić information content (AvgIpc) is 2.77. The number of rotatable bonds is 11. The average molecular weight is 257 g/mol. The zero-order valence-electron chi connectivity index (χ0n) is 11.2. The van der Waals surface area contributed by atoms with E-state index in [0.29, 0.717) is 33.0 Å². The first-order chi connectivity index (χ1) is 8.83. The smallest absolute Gasteiger partial charge is 0.0701 e. The van der Waals surface area contributed by atoms with Gasteiger partial charge < -0.3 is 19.5 Å². The van der Waals surface area contributed by atoms with Crippen molar-refractivity contribution in [1.82, 2.24) is 15.1 Å². The highest BCUT2D eigenvalue weighted by Crippen LogP contribution is 1.94. The Morgan fingerprint density at radius 3 is 2.56 bits per heavy atom. The Balaban J connectivity index is 1.81. The van der Waals surface area contributed by atoms with Crippen molar-refractivity contribution in [2.45, 2.75) is 6.54 Å². The van der Waals surface area contributed by atoms with Crippen molar-refractivity contribution < 1.29 is 14.2 Å². The van der Waals surface area contributed by atoms with Gasteiger partial charge in [-0.2, -0.15) is 5.10 Å². The summed E-state index contributed by atoms with van der Waals surface area (Å²) in [5, 5.41) is 7.39. The molecule has 6 nitrogen and oxygen atoms in total. The highest BCUT2D eigenvalue weighted by atomic mass is 16.5. The molecule has 1 heterocycles. The summed E-state index contributed by atoms with van der Waals surface area (Å²) in [6.45, 7) is 4.83. The van der Waals surface area contributed by atoms with Crippen molar-refractivity contribution >= 4 is 0 Å². The molecule has 0 fully saturated rings. The van der Waals surface area contributed by atoms with E-state index in [1.54, 1.807) is 11.8 Å². The first kappa shape index (κ1) is 15.1. The first-order valence-corrected chi connectivity index (χ1v) is 6.15. The van der Waals surface area contributed by atoms with Crippen molar-refractivity contribution in [1.29, 1.82) is 0 Å². The molecular formula is C12H23N3O3. The maximum atomic E-state index is 5.41. The van der Waals surface area contributed by atoms with Crippen LogP contribution in [0, 0.1) is 0 Å². The van der Waals surface area contributed by atoms with Crippen LogP contribution in [0.25, 0.3) is 0 Å². The number of hydrogen-bond acceptors (Lipinski definition) is 5. The second-order valence-electron chi connectivity index (χ2n) is 3.92. The normalized spacial score (nSPS) is 11.0. The van der Waals surface area contributed by atoms with Gasteiger partial charge in [0.2, 0.25) is 0 Å². The van der Waals surface area contributed by atoms with Crippen LogP contribution in [0.15, 0.2) is 12.4 Å². The van der Waals surface area contributed by atoms with E-state index in [4.69, 9.17) is 14.2 Å². The van der Waals surface area contributed by atoms with E-state index < -0.39 is 0 Å². The highest BCUT2D eigenvalue weighted by Gasteiger charge is 1.95. The fourth-order valence-electron chi connectivity index (χ4n) is 1.40. The predicted molar refractivity (Wildman–Crippen MR) is 68.4 cm³/mol. The van der Waals surface area contributed by atoms with Crippen molar-refractivity contribution in [2.24, 2.45) is 7.05 Å². The summed E-state index contributed by atoms with van der Waals surface area (Å²) in [4.78, 5) is 0. The Kier molecular flexibility index (Phi) is 8.41. The summed E-state index contributed by atoms with van der Waals surface area (Å²) in [6.07, 6.45) is 3.86. The minimum absolute atomic E-state index is 0.617. The number of nitrogens with one attached hydrogen (secondary N) is 1. The maximum absolute atomic E-state index is 5.41. The van der Waals surface area contributed by atoms with E-state index in [9.17, 15) is 0 Å². The van der Waals surface area contributed by atoms with E-state index >= 15 is 0 Å². The van der Waals surface area contributed by atoms with Gasteiger partial charge in [-0.15, -0.1) is 0 Å². The molecule has 18 heavy (non-hydrogen) atoms. The zero-order chi connectivity index (χ0) is 13.1. The van der Waals surface area contributed by atoms with Crippen molar-refractivity contribution in [3.05, 3.63) is 18.0 Å². The van der Waals surface area contributed by atoms with Crippen LogP contribution in [0.3, 0.4) is 0 Å². The molecule has 1 aromatic rings. The van der Waals surface area contributed by atoms with Crippen molar-refractivity contribution in [3.8, 4) is 0 Å². The minimum Gasteiger partial charge on any atom is -0.382 e. The summed E-state index contributed by atoms with van der Waals surface area (Å²) in [7, 11) is 3.57. The fourth-order valence-corrected chi connectivity index (χ4v) is 1.40. The van der Waals surface area contributed by atoms with Gasteiger partial charge in [0.25, 0.3) is 0 Å². The van der Waals surface area contributed by atoms with Gasteiger partial charge in [-0.25, -0.2) is 0 Å². The lowest BCUT2D eigenvalue weighted by atomic mass is 10.3. The SMILES string of the molecule is COCCOCCOCCNCc1cnn(C)c1. The quantitative estimate of drug-likeness (QED) is 0.573. The fraction of sp³-hybridized carbons (Fsp3) is 0.750. The second kappa shape index (κ2) is 10.0. The molecule has 0 aliphatic rings. The molecule has 0 aliphatic heterocycles. The number of aromatic nitrogens is 2. The minimum atomic E-state index is 0.617. The van der Waals surface area contributed by atoms with Crippen molar-refractivity contribution in [3.63, 3.8) is 0 Å². The molecule has 1 rings (SSSR count). The molecule has 1 N–H and O–H groups in total. The van der Waals surface area contributed by atoms with Crippen molar-refractivity contribution in [2.75, 3.05) is 46.7 Å². The van der Waals surface area contributed by atoms with E-state index in [1.165, 1.54) is 5.56 Å². The summed E-state index contributed by atoms with van der Waals surface area (Å²) in [5.74, 6) is 0. The van der Waals surface area contributed by atoms with E-state index in [-0.39, 0.29) is 0 Å². The molecule has 0 radical (unpaired) electrons. The van der Waals surface area contributed by atoms with Crippen LogP contribution >= 0.6 is 0 Å². The lowest BCUT2D eigenvalue weighted by Gasteiger charge is -2.06. The van der Waals surface area contributed by atoms with Gasteiger partial charge in [0, 0.05) is 39.0 Å². The van der Waals surface area contributed by atoms with Crippen LogP contribution in [0.2, 0.25) is 0 Å². The summed E-state index contributed by atoms with van der Waals surface area (Å²) in [6, 6.07) is 0. The molecule has 0 saturated carbocycles. The molecule has 0 aromatic carbocycles. The molecular weight excluding hydrogens is 234 g/mol. The van der Waals surface area contributed by atoms with E-state index in [2.05, 4.69) is 10.4 Å². The first-order valence-electron chi connectivity index (χ1n) is 6.15.